The third kappa shape index (κ3) is 7.53. The Kier molecular flexibility index (Phi) is 9.60. The lowest BCUT2D eigenvalue weighted by atomic mass is 10.0. The highest BCUT2D eigenvalue weighted by atomic mass is 35.5. The van der Waals surface area contributed by atoms with Gasteiger partial charge in [-0.1, -0.05) is 67.4 Å². The Hall–Kier alpha value is -2.04. The van der Waals surface area contributed by atoms with Crippen LogP contribution in [0, 0.1) is 0 Å². The van der Waals surface area contributed by atoms with Crippen molar-refractivity contribution in [1.29, 1.82) is 0 Å². The average Bonchev–Trinajstić information content (AvgIpc) is 2.73. The zero-order chi connectivity index (χ0) is 23.9. The van der Waals surface area contributed by atoms with E-state index in [1.54, 1.807) is 23.1 Å². The fraction of sp³-hybridized carbons (Fsp3) is 0.462. The molecule has 0 aliphatic heterocycles. The van der Waals surface area contributed by atoms with E-state index >= 15 is 0 Å². The second-order valence-corrected chi connectivity index (χ2v) is 9.87. The van der Waals surface area contributed by atoms with Gasteiger partial charge in [0.15, 0.2) is 0 Å². The fourth-order valence-electron chi connectivity index (χ4n) is 3.56. The van der Waals surface area contributed by atoms with Gasteiger partial charge in [0, 0.05) is 34.1 Å². The first-order chi connectivity index (χ1) is 15.1. The molecule has 4 nitrogen and oxygen atoms in total. The quantitative estimate of drug-likeness (QED) is 0.467. The van der Waals surface area contributed by atoms with Crippen molar-refractivity contribution < 1.29 is 9.59 Å². The molecular formula is C26H34Cl2N2O2. The molecule has 1 unspecified atom stereocenters. The normalized spacial score (nSPS) is 12.3. The topological polar surface area (TPSA) is 49.4 Å². The second kappa shape index (κ2) is 11.7. The molecule has 2 aromatic rings. The Morgan fingerprint density at radius 3 is 2.03 bits per heavy atom. The fourth-order valence-corrected chi connectivity index (χ4v) is 4.08. The number of halogens is 2. The van der Waals surface area contributed by atoms with Crippen molar-refractivity contribution >= 4 is 35.0 Å². The zero-order valence-corrected chi connectivity index (χ0v) is 21.2. The van der Waals surface area contributed by atoms with E-state index in [-0.39, 0.29) is 18.4 Å². The highest BCUT2D eigenvalue weighted by Crippen LogP contribution is 2.27. The number of nitrogens with one attached hydrogen (secondary N) is 1. The third-order valence-corrected chi connectivity index (χ3v) is 6.04. The van der Waals surface area contributed by atoms with Gasteiger partial charge in [0.2, 0.25) is 11.8 Å². The molecule has 0 aliphatic rings. The first-order valence-electron chi connectivity index (χ1n) is 11.2. The number of aryl methyl sites for hydroxylation is 2. The summed E-state index contributed by atoms with van der Waals surface area (Å²) in [6, 6.07) is 12.9. The van der Waals surface area contributed by atoms with Crippen LogP contribution in [0.3, 0.4) is 0 Å². The number of hydrogen-bond donors (Lipinski definition) is 1. The smallest absolute Gasteiger partial charge is 0.243 e. The molecular weight excluding hydrogens is 443 g/mol. The number of nitrogens with zero attached hydrogens (tertiary/aromatic N) is 1. The summed E-state index contributed by atoms with van der Waals surface area (Å²) in [7, 11) is 0. The van der Waals surface area contributed by atoms with Crippen molar-refractivity contribution in [1.82, 2.24) is 10.2 Å². The van der Waals surface area contributed by atoms with Gasteiger partial charge in [0.1, 0.15) is 6.04 Å². The molecule has 1 N–H and O–H groups in total. The van der Waals surface area contributed by atoms with Gasteiger partial charge >= 0.3 is 0 Å². The van der Waals surface area contributed by atoms with Crippen LogP contribution in [0.4, 0.5) is 0 Å². The summed E-state index contributed by atoms with van der Waals surface area (Å²) in [4.78, 5) is 28.1. The van der Waals surface area contributed by atoms with E-state index in [1.807, 2.05) is 27.7 Å². The molecule has 6 heteroatoms. The number of carbonyl (C=O) groups excluding carboxylic acids is 2. The molecule has 0 fully saturated rings. The van der Waals surface area contributed by atoms with E-state index in [2.05, 4.69) is 36.5 Å². The molecule has 0 radical (unpaired) electrons. The Morgan fingerprint density at radius 2 is 1.53 bits per heavy atom. The summed E-state index contributed by atoms with van der Waals surface area (Å²) < 4.78 is 0. The van der Waals surface area contributed by atoms with Crippen molar-refractivity contribution in [2.45, 2.75) is 78.4 Å². The standard InChI is InChI=1S/C26H34Cl2N2O2/c1-6-18-11-13-19(14-12-18)15-16-24(31)30(17-20-21(27)9-8-10-22(20)28)23(7-2)25(32)29-26(3,4)5/h8-14,23H,6-7,15-17H2,1-5H3,(H,29,32). The molecule has 0 heterocycles. The van der Waals surface area contributed by atoms with Gasteiger partial charge in [-0.25, -0.2) is 0 Å². The van der Waals surface area contributed by atoms with Crippen LogP contribution < -0.4 is 5.32 Å². The molecule has 174 valence electrons. The van der Waals surface area contributed by atoms with Gasteiger partial charge in [-0.05, 0) is 63.3 Å². The van der Waals surface area contributed by atoms with Crippen molar-refractivity contribution in [3.8, 4) is 0 Å². The summed E-state index contributed by atoms with van der Waals surface area (Å²) in [6.45, 7) is 9.98. The van der Waals surface area contributed by atoms with E-state index in [0.29, 0.717) is 34.9 Å². The van der Waals surface area contributed by atoms with Crippen LogP contribution in [0.15, 0.2) is 42.5 Å². The summed E-state index contributed by atoms with van der Waals surface area (Å²) >= 11 is 12.8. The predicted molar refractivity (Wildman–Crippen MR) is 133 cm³/mol. The van der Waals surface area contributed by atoms with Gasteiger partial charge in [-0.15, -0.1) is 0 Å². The summed E-state index contributed by atoms with van der Waals surface area (Å²) in [5.41, 5.74) is 2.61. The predicted octanol–water partition coefficient (Wildman–Crippen LogP) is 6.21. The SMILES string of the molecule is CCc1ccc(CCC(=O)N(Cc2c(Cl)cccc2Cl)C(CC)C(=O)NC(C)(C)C)cc1. The molecule has 2 aromatic carbocycles. The molecule has 0 bridgehead atoms. The van der Waals surface area contributed by atoms with Crippen LogP contribution in [0.25, 0.3) is 0 Å². The van der Waals surface area contributed by atoms with Crippen LogP contribution in [0.1, 0.15) is 64.2 Å². The molecule has 1 atom stereocenters. The Labute approximate surface area is 202 Å². The van der Waals surface area contributed by atoms with Crippen LogP contribution in [-0.2, 0) is 29.0 Å². The Morgan fingerprint density at radius 1 is 0.969 bits per heavy atom. The lowest BCUT2D eigenvalue weighted by molar-refractivity contribution is -0.142. The first-order valence-corrected chi connectivity index (χ1v) is 11.9. The maximum atomic E-state index is 13.4. The van der Waals surface area contributed by atoms with Crippen LogP contribution in [-0.4, -0.2) is 28.3 Å². The Bertz CT molecular complexity index is 900. The summed E-state index contributed by atoms with van der Waals surface area (Å²) in [5, 5.41) is 3.97. The lowest BCUT2D eigenvalue weighted by Crippen LogP contribution is -2.53. The van der Waals surface area contributed by atoms with E-state index < -0.39 is 11.6 Å². The van der Waals surface area contributed by atoms with Crippen molar-refractivity contribution in [2.75, 3.05) is 0 Å². The van der Waals surface area contributed by atoms with Crippen LogP contribution in [0.5, 0.6) is 0 Å². The molecule has 2 amide bonds. The number of amides is 2. The number of rotatable bonds is 9. The maximum absolute atomic E-state index is 13.4. The lowest BCUT2D eigenvalue weighted by Gasteiger charge is -2.33. The number of benzene rings is 2. The van der Waals surface area contributed by atoms with Crippen molar-refractivity contribution in [3.05, 3.63) is 69.2 Å². The molecule has 0 aromatic heterocycles. The molecule has 2 rings (SSSR count). The zero-order valence-electron chi connectivity index (χ0n) is 19.7. The second-order valence-electron chi connectivity index (χ2n) is 9.06. The average molecular weight is 477 g/mol. The molecule has 0 saturated carbocycles. The van der Waals surface area contributed by atoms with E-state index in [1.165, 1.54) is 5.56 Å². The Balaban J connectivity index is 2.28. The highest BCUT2D eigenvalue weighted by molar-refractivity contribution is 6.36. The van der Waals surface area contributed by atoms with E-state index in [0.717, 1.165) is 12.0 Å². The molecule has 0 aliphatic carbocycles. The number of hydrogen-bond acceptors (Lipinski definition) is 2. The van der Waals surface area contributed by atoms with E-state index in [4.69, 9.17) is 23.2 Å². The number of carbonyl (C=O) groups is 2. The largest absolute Gasteiger partial charge is 0.350 e. The third-order valence-electron chi connectivity index (χ3n) is 5.33. The van der Waals surface area contributed by atoms with E-state index in [9.17, 15) is 9.59 Å². The van der Waals surface area contributed by atoms with Crippen molar-refractivity contribution in [2.24, 2.45) is 0 Å². The van der Waals surface area contributed by atoms with Crippen LogP contribution >= 0.6 is 23.2 Å². The van der Waals surface area contributed by atoms with Gasteiger partial charge in [-0.3, -0.25) is 9.59 Å². The van der Waals surface area contributed by atoms with Crippen molar-refractivity contribution in [3.63, 3.8) is 0 Å². The summed E-state index contributed by atoms with van der Waals surface area (Å²) in [6.07, 6.45) is 2.37. The minimum atomic E-state index is -0.614. The summed E-state index contributed by atoms with van der Waals surface area (Å²) in [5.74, 6) is -0.278. The minimum absolute atomic E-state index is 0.100. The molecule has 0 saturated heterocycles. The van der Waals surface area contributed by atoms with Crippen LogP contribution in [0.2, 0.25) is 10.0 Å². The minimum Gasteiger partial charge on any atom is -0.350 e. The first kappa shape index (κ1) is 26.2. The van der Waals surface area contributed by atoms with Gasteiger partial charge < -0.3 is 10.2 Å². The van der Waals surface area contributed by atoms with Gasteiger partial charge in [0.25, 0.3) is 0 Å². The highest BCUT2D eigenvalue weighted by Gasteiger charge is 2.31. The molecule has 0 spiro atoms. The molecule has 32 heavy (non-hydrogen) atoms. The monoisotopic (exact) mass is 476 g/mol. The van der Waals surface area contributed by atoms with Gasteiger partial charge in [0.05, 0.1) is 0 Å². The maximum Gasteiger partial charge on any atom is 0.243 e. The van der Waals surface area contributed by atoms with Gasteiger partial charge in [-0.2, -0.15) is 0 Å².